The minimum Gasteiger partial charge on any atom is -0.393 e. The number of methoxy groups -OCH3 is 1. The predicted molar refractivity (Wildman–Crippen MR) is 70.5 cm³/mol. The molecule has 0 aliphatic carbocycles. The van der Waals surface area contributed by atoms with Crippen LogP contribution in [0.2, 0.25) is 0 Å². The molecule has 2 amide bonds. The van der Waals surface area contributed by atoms with Crippen LogP contribution >= 0.6 is 0 Å². The summed E-state index contributed by atoms with van der Waals surface area (Å²) in [6, 6.07) is 0.110. The van der Waals surface area contributed by atoms with Gasteiger partial charge in [-0.2, -0.15) is 0 Å². The van der Waals surface area contributed by atoms with Crippen LogP contribution in [0.1, 0.15) is 40.0 Å². The largest absolute Gasteiger partial charge is 0.393 e. The molecule has 0 saturated carbocycles. The topological polar surface area (TPSA) is 61.8 Å². The van der Waals surface area contributed by atoms with Gasteiger partial charge in [0, 0.05) is 26.2 Å². The van der Waals surface area contributed by atoms with Crippen LogP contribution in [0.5, 0.6) is 0 Å². The summed E-state index contributed by atoms with van der Waals surface area (Å²) >= 11 is 0. The maximum atomic E-state index is 12.1. The van der Waals surface area contributed by atoms with Crippen molar-refractivity contribution in [2.45, 2.75) is 57.8 Å². The second kappa shape index (κ2) is 6.38. The lowest BCUT2D eigenvalue weighted by Gasteiger charge is -2.29. The number of amides is 2. The fraction of sp³-hybridized carbons (Fsp3) is 0.923. The van der Waals surface area contributed by atoms with Crippen LogP contribution < -0.4 is 5.32 Å². The number of carbonyl (C=O) groups excluding carboxylic acids is 1. The lowest BCUT2D eigenvalue weighted by Crippen LogP contribution is -2.48. The summed E-state index contributed by atoms with van der Waals surface area (Å²) in [4.78, 5) is 13.9. The summed E-state index contributed by atoms with van der Waals surface area (Å²) in [6.07, 6.45) is 2.28. The Morgan fingerprint density at radius 2 is 2.28 bits per heavy atom. The van der Waals surface area contributed by atoms with Crippen molar-refractivity contribution >= 4 is 6.03 Å². The lowest BCUT2D eigenvalue weighted by atomic mass is 10.1. The number of carbonyl (C=O) groups is 1. The quantitative estimate of drug-likeness (QED) is 0.782. The zero-order valence-corrected chi connectivity index (χ0v) is 11.9. The van der Waals surface area contributed by atoms with Crippen molar-refractivity contribution in [2.75, 3.05) is 20.2 Å². The van der Waals surface area contributed by atoms with Crippen molar-refractivity contribution in [3.8, 4) is 0 Å². The van der Waals surface area contributed by atoms with Crippen molar-refractivity contribution < 1.29 is 14.6 Å². The molecule has 0 aromatic heterocycles. The van der Waals surface area contributed by atoms with E-state index in [9.17, 15) is 9.90 Å². The molecule has 1 heterocycles. The molecule has 106 valence electrons. The molecule has 2 atom stereocenters. The molecular weight excluding hydrogens is 232 g/mol. The van der Waals surface area contributed by atoms with Crippen molar-refractivity contribution in [1.29, 1.82) is 0 Å². The number of aliphatic hydroxyl groups is 1. The van der Waals surface area contributed by atoms with E-state index in [0.29, 0.717) is 13.0 Å². The summed E-state index contributed by atoms with van der Waals surface area (Å²) in [5.74, 6) is 0. The molecule has 5 heteroatoms. The average Bonchev–Trinajstić information content (AvgIpc) is 2.73. The second-order valence-electron chi connectivity index (χ2n) is 5.70. The Morgan fingerprint density at radius 1 is 1.61 bits per heavy atom. The number of rotatable bonds is 5. The number of hydrogen-bond donors (Lipinski definition) is 2. The third-order valence-electron chi connectivity index (χ3n) is 3.47. The third-order valence-corrected chi connectivity index (χ3v) is 3.47. The summed E-state index contributed by atoms with van der Waals surface area (Å²) in [5, 5.41) is 12.3. The van der Waals surface area contributed by atoms with Crippen LogP contribution in [-0.4, -0.2) is 54.0 Å². The Hall–Kier alpha value is -0.810. The van der Waals surface area contributed by atoms with E-state index in [2.05, 4.69) is 5.32 Å². The highest BCUT2D eigenvalue weighted by molar-refractivity contribution is 5.74. The van der Waals surface area contributed by atoms with Gasteiger partial charge in [0.2, 0.25) is 0 Å². The van der Waals surface area contributed by atoms with E-state index >= 15 is 0 Å². The number of nitrogens with zero attached hydrogens (tertiary/aromatic N) is 1. The van der Waals surface area contributed by atoms with Gasteiger partial charge in [-0.05, 0) is 40.0 Å². The molecule has 0 unspecified atom stereocenters. The normalized spacial score (nSPS) is 22.1. The van der Waals surface area contributed by atoms with E-state index in [4.69, 9.17) is 4.74 Å². The molecule has 1 fully saturated rings. The van der Waals surface area contributed by atoms with Crippen molar-refractivity contribution in [3.05, 3.63) is 0 Å². The minimum absolute atomic E-state index is 0.0525. The van der Waals surface area contributed by atoms with Crippen molar-refractivity contribution in [3.63, 3.8) is 0 Å². The molecule has 1 aliphatic heterocycles. The molecular formula is C13H26N2O3. The van der Waals surface area contributed by atoms with Gasteiger partial charge >= 0.3 is 6.03 Å². The summed E-state index contributed by atoms with van der Waals surface area (Å²) in [5.41, 5.74) is -0.352. The fourth-order valence-corrected chi connectivity index (χ4v) is 2.20. The Morgan fingerprint density at radius 3 is 2.83 bits per heavy atom. The van der Waals surface area contributed by atoms with Crippen LogP contribution in [0.4, 0.5) is 4.79 Å². The maximum absolute atomic E-state index is 12.1. The van der Waals surface area contributed by atoms with Gasteiger partial charge in [-0.25, -0.2) is 4.79 Å². The van der Waals surface area contributed by atoms with E-state index in [1.54, 1.807) is 14.0 Å². The van der Waals surface area contributed by atoms with Crippen LogP contribution in [0, 0.1) is 0 Å². The van der Waals surface area contributed by atoms with E-state index in [1.807, 2.05) is 18.7 Å². The van der Waals surface area contributed by atoms with Gasteiger partial charge in [-0.1, -0.05) is 0 Å². The predicted octanol–water partition coefficient (Wildman–Crippen LogP) is 1.36. The molecule has 0 aromatic carbocycles. The molecule has 0 radical (unpaired) electrons. The van der Waals surface area contributed by atoms with Crippen LogP contribution in [0.15, 0.2) is 0 Å². The molecule has 1 rings (SSSR count). The SMILES string of the molecule is COC(C)(C)CNC(=O)N1CCC[C@@H]1C[C@H](C)O. The van der Waals surface area contributed by atoms with Gasteiger partial charge in [-0.15, -0.1) is 0 Å². The maximum Gasteiger partial charge on any atom is 0.317 e. The lowest BCUT2D eigenvalue weighted by molar-refractivity contribution is 0.0239. The standard InChI is InChI=1S/C13H26N2O3/c1-10(16)8-11-6-5-7-15(11)12(17)14-9-13(2,3)18-4/h10-11,16H,5-9H2,1-4H3,(H,14,17)/t10-,11+/m0/s1. The first-order valence-corrected chi connectivity index (χ1v) is 6.63. The monoisotopic (exact) mass is 258 g/mol. The van der Waals surface area contributed by atoms with Gasteiger partial charge < -0.3 is 20.1 Å². The first-order chi connectivity index (χ1) is 8.35. The molecule has 0 spiro atoms. The van der Waals surface area contributed by atoms with E-state index < -0.39 is 0 Å². The molecule has 1 saturated heterocycles. The Bertz CT molecular complexity index is 279. The third kappa shape index (κ3) is 4.46. The van der Waals surface area contributed by atoms with Gasteiger partial charge in [0.15, 0.2) is 0 Å². The molecule has 1 aliphatic rings. The summed E-state index contributed by atoms with van der Waals surface area (Å²) in [6.45, 7) is 6.90. The molecule has 18 heavy (non-hydrogen) atoms. The summed E-state index contributed by atoms with van der Waals surface area (Å²) < 4.78 is 5.27. The molecule has 5 nitrogen and oxygen atoms in total. The number of aliphatic hydroxyl groups excluding tert-OH is 1. The van der Waals surface area contributed by atoms with E-state index in [0.717, 1.165) is 19.4 Å². The van der Waals surface area contributed by atoms with E-state index in [-0.39, 0.29) is 23.8 Å². The van der Waals surface area contributed by atoms with Crippen LogP contribution in [0.25, 0.3) is 0 Å². The number of hydrogen-bond acceptors (Lipinski definition) is 3. The van der Waals surface area contributed by atoms with Crippen molar-refractivity contribution in [1.82, 2.24) is 10.2 Å². The highest BCUT2D eigenvalue weighted by Crippen LogP contribution is 2.21. The molecule has 2 N–H and O–H groups in total. The zero-order valence-electron chi connectivity index (χ0n) is 11.9. The van der Waals surface area contributed by atoms with Crippen LogP contribution in [0.3, 0.4) is 0 Å². The van der Waals surface area contributed by atoms with E-state index in [1.165, 1.54) is 0 Å². The zero-order chi connectivity index (χ0) is 13.8. The first-order valence-electron chi connectivity index (χ1n) is 6.63. The Kier molecular flexibility index (Phi) is 5.41. The van der Waals surface area contributed by atoms with Gasteiger partial charge in [0.1, 0.15) is 0 Å². The summed E-state index contributed by atoms with van der Waals surface area (Å²) in [7, 11) is 1.64. The van der Waals surface area contributed by atoms with Crippen LogP contribution in [-0.2, 0) is 4.74 Å². The van der Waals surface area contributed by atoms with Gasteiger partial charge in [-0.3, -0.25) is 0 Å². The Balaban J connectivity index is 2.45. The number of urea groups is 1. The highest BCUT2D eigenvalue weighted by atomic mass is 16.5. The number of nitrogens with one attached hydrogen (secondary N) is 1. The smallest absolute Gasteiger partial charge is 0.317 e. The van der Waals surface area contributed by atoms with Gasteiger partial charge in [0.25, 0.3) is 0 Å². The minimum atomic E-state index is -0.362. The number of ether oxygens (including phenoxy) is 1. The Labute approximate surface area is 109 Å². The fourth-order valence-electron chi connectivity index (χ4n) is 2.20. The highest BCUT2D eigenvalue weighted by Gasteiger charge is 2.30. The molecule has 0 bridgehead atoms. The van der Waals surface area contributed by atoms with Gasteiger partial charge in [0.05, 0.1) is 11.7 Å². The average molecular weight is 258 g/mol. The molecule has 0 aromatic rings. The number of likely N-dealkylation sites (tertiary alicyclic amines) is 1. The van der Waals surface area contributed by atoms with Crippen molar-refractivity contribution in [2.24, 2.45) is 0 Å². The second-order valence-corrected chi connectivity index (χ2v) is 5.70. The first kappa shape index (κ1) is 15.2.